The first-order valence-corrected chi connectivity index (χ1v) is 5.87. The van der Waals surface area contributed by atoms with Gasteiger partial charge < -0.3 is 16.4 Å². The van der Waals surface area contributed by atoms with E-state index in [0.717, 1.165) is 11.1 Å². The number of hydrogen-bond donors (Lipinski definition) is 2. The summed E-state index contributed by atoms with van der Waals surface area (Å²) in [5, 5.41) is 0. The number of amides is 2. The molecule has 0 bridgehead atoms. The molecule has 5 nitrogen and oxygen atoms in total. The van der Waals surface area contributed by atoms with Gasteiger partial charge in [0.1, 0.15) is 0 Å². The van der Waals surface area contributed by atoms with Gasteiger partial charge in [-0.25, -0.2) is 0 Å². The van der Waals surface area contributed by atoms with Crippen molar-refractivity contribution in [1.29, 1.82) is 0 Å². The molecule has 0 aliphatic carbocycles. The molecule has 18 heavy (non-hydrogen) atoms. The number of nitrogens with zero attached hydrogens (tertiary/aromatic N) is 1. The van der Waals surface area contributed by atoms with Crippen LogP contribution in [-0.2, 0) is 9.59 Å². The van der Waals surface area contributed by atoms with Crippen molar-refractivity contribution in [3.63, 3.8) is 0 Å². The fourth-order valence-electron chi connectivity index (χ4n) is 2.19. The molecule has 2 rings (SSSR count). The van der Waals surface area contributed by atoms with Gasteiger partial charge in [-0.05, 0) is 31.0 Å². The van der Waals surface area contributed by atoms with Crippen molar-refractivity contribution < 1.29 is 9.59 Å². The van der Waals surface area contributed by atoms with Crippen molar-refractivity contribution >= 4 is 23.2 Å². The summed E-state index contributed by atoms with van der Waals surface area (Å²) >= 11 is 0. The predicted octanol–water partition coefficient (Wildman–Crippen LogP) is 0.724. The number of benzene rings is 1. The molecule has 1 heterocycles. The first kappa shape index (κ1) is 12.4. The quantitative estimate of drug-likeness (QED) is 0.755. The van der Waals surface area contributed by atoms with E-state index in [4.69, 9.17) is 11.5 Å². The zero-order chi connectivity index (χ0) is 13.4. The molecule has 2 amide bonds. The minimum atomic E-state index is -0.437. The first-order valence-electron chi connectivity index (χ1n) is 5.87. The normalized spacial score (nSPS) is 19.3. The lowest BCUT2D eigenvalue weighted by atomic mass is 10.1. The van der Waals surface area contributed by atoms with E-state index in [2.05, 4.69) is 0 Å². The lowest BCUT2D eigenvalue weighted by molar-refractivity contribution is -0.123. The SMILES string of the molecule is Cc1ccc(N2CC(C(N)=O)CC2=O)c(N)c1C. The van der Waals surface area contributed by atoms with Crippen LogP contribution in [0.5, 0.6) is 0 Å². The summed E-state index contributed by atoms with van der Waals surface area (Å²) < 4.78 is 0. The summed E-state index contributed by atoms with van der Waals surface area (Å²) in [6.45, 7) is 4.20. The maximum Gasteiger partial charge on any atom is 0.227 e. The van der Waals surface area contributed by atoms with Crippen molar-refractivity contribution in [2.45, 2.75) is 20.3 Å². The summed E-state index contributed by atoms with van der Waals surface area (Å²) in [5.74, 6) is -0.958. The van der Waals surface area contributed by atoms with Crippen molar-refractivity contribution in [3.05, 3.63) is 23.3 Å². The topological polar surface area (TPSA) is 89.4 Å². The lowest BCUT2D eigenvalue weighted by Gasteiger charge is -2.20. The molecule has 1 saturated heterocycles. The Hall–Kier alpha value is -2.04. The van der Waals surface area contributed by atoms with Crippen LogP contribution in [0.2, 0.25) is 0 Å². The number of nitrogen functional groups attached to an aromatic ring is 1. The number of nitrogens with two attached hydrogens (primary N) is 2. The second-order valence-electron chi connectivity index (χ2n) is 4.75. The standard InChI is InChI=1S/C13H17N3O2/c1-7-3-4-10(12(14)8(7)2)16-6-9(13(15)18)5-11(16)17/h3-4,9H,5-6,14H2,1-2H3,(H2,15,18). The molecule has 1 aliphatic rings. The molecule has 4 N–H and O–H groups in total. The van der Waals surface area contributed by atoms with Crippen molar-refractivity contribution in [2.75, 3.05) is 17.2 Å². The van der Waals surface area contributed by atoms with E-state index >= 15 is 0 Å². The Morgan fingerprint density at radius 3 is 2.61 bits per heavy atom. The van der Waals surface area contributed by atoms with Crippen molar-refractivity contribution in [3.8, 4) is 0 Å². The minimum Gasteiger partial charge on any atom is -0.397 e. The molecule has 1 aliphatic heterocycles. The highest BCUT2D eigenvalue weighted by Crippen LogP contribution is 2.32. The Morgan fingerprint density at radius 1 is 1.39 bits per heavy atom. The van der Waals surface area contributed by atoms with Crippen molar-refractivity contribution in [1.82, 2.24) is 0 Å². The molecule has 0 radical (unpaired) electrons. The van der Waals surface area contributed by atoms with Gasteiger partial charge in [0.25, 0.3) is 0 Å². The average molecular weight is 247 g/mol. The van der Waals surface area contributed by atoms with Gasteiger partial charge >= 0.3 is 0 Å². The average Bonchev–Trinajstić information content (AvgIpc) is 2.69. The van der Waals surface area contributed by atoms with Gasteiger partial charge in [-0.15, -0.1) is 0 Å². The van der Waals surface area contributed by atoms with Crippen LogP contribution < -0.4 is 16.4 Å². The zero-order valence-electron chi connectivity index (χ0n) is 10.6. The number of hydrogen-bond acceptors (Lipinski definition) is 3. The number of aryl methyl sites for hydroxylation is 1. The van der Waals surface area contributed by atoms with Crippen LogP contribution in [0, 0.1) is 19.8 Å². The van der Waals surface area contributed by atoms with E-state index in [1.54, 1.807) is 4.90 Å². The smallest absolute Gasteiger partial charge is 0.227 e. The second kappa shape index (κ2) is 4.33. The van der Waals surface area contributed by atoms with Gasteiger partial charge in [0.2, 0.25) is 11.8 Å². The van der Waals surface area contributed by atoms with Crippen LogP contribution in [0.1, 0.15) is 17.5 Å². The predicted molar refractivity (Wildman–Crippen MR) is 70.0 cm³/mol. The van der Waals surface area contributed by atoms with E-state index in [1.165, 1.54) is 0 Å². The molecule has 5 heteroatoms. The second-order valence-corrected chi connectivity index (χ2v) is 4.75. The highest BCUT2D eigenvalue weighted by Gasteiger charge is 2.34. The van der Waals surface area contributed by atoms with Gasteiger partial charge in [-0.1, -0.05) is 6.07 Å². The van der Waals surface area contributed by atoms with E-state index in [1.807, 2.05) is 26.0 Å². The Labute approximate surface area is 106 Å². The minimum absolute atomic E-state index is 0.103. The maximum atomic E-state index is 11.9. The van der Waals surface area contributed by atoms with E-state index < -0.39 is 11.8 Å². The molecule has 0 spiro atoms. The monoisotopic (exact) mass is 247 g/mol. The Balaban J connectivity index is 2.36. The molecule has 1 atom stereocenters. The van der Waals surface area contributed by atoms with Crippen LogP contribution in [0.25, 0.3) is 0 Å². The van der Waals surface area contributed by atoms with Crippen LogP contribution in [-0.4, -0.2) is 18.4 Å². The summed E-state index contributed by atoms with van der Waals surface area (Å²) in [6, 6.07) is 3.74. The lowest BCUT2D eigenvalue weighted by Crippen LogP contribution is -2.29. The van der Waals surface area contributed by atoms with E-state index in [-0.39, 0.29) is 12.3 Å². The highest BCUT2D eigenvalue weighted by atomic mass is 16.2. The summed E-state index contributed by atoms with van der Waals surface area (Å²) in [5.41, 5.74) is 14.6. The molecule has 1 aromatic carbocycles. The third-order valence-corrected chi connectivity index (χ3v) is 3.58. The van der Waals surface area contributed by atoms with Gasteiger partial charge in [-0.2, -0.15) is 0 Å². The molecule has 1 unspecified atom stereocenters. The van der Waals surface area contributed by atoms with Gasteiger partial charge in [0.15, 0.2) is 0 Å². The summed E-state index contributed by atoms with van der Waals surface area (Å²) in [7, 11) is 0. The third-order valence-electron chi connectivity index (χ3n) is 3.58. The fourth-order valence-corrected chi connectivity index (χ4v) is 2.19. The molecule has 1 aromatic rings. The fraction of sp³-hybridized carbons (Fsp3) is 0.385. The summed E-state index contributed by atoms with van der Waals surface area (Å²) in [6.07, 6.45) is 0.168. The Kier molecular flexibility index (Phi) is 2.98. The number of anilines is 2. The largest absolute Gasteiger partial charge is 0.397 e. The van der Waals surface area contributed by atoms with E-state index in [0.29, 0.717) is 17.9 Å². The third kappa shape index (κ3) is 1.92. The molecule has 0 saturated carbocycles. The van der Waals surface area contributed by atoms with Crippen LogP contribution >= 0.6 is 0 Å². The van der Waals surface area contributed by atoms with Gasteiger partial charge in [-0.3, -0.25) is 9.59 Å². The van der Waals surface area contributed by atoms with Crippen LogP contribution in [0.15, 0.2) is 12.1 Å². The highest BCUT2D eigenvalue weighted by molar-refractivity contribution is 6.02. The Morgan fingerprint density at radius 2 is 2.06 bits per heavy atom. The molecule has 1 fully saturated rings. The zero-order valence-corrected chi connectivity index (χ0v) is 10.6. The first-order chi connectivity index (χ1) is 8.41. The van der Waals surface area contributed by atoms with Gasteiger partial charge in [0.05, 0.1) is 17.3 Å². The summed E-state index contributed by atoms with van der Waals surface area (Å²) in [4.78, 5) is 24.6. The van der Waals surface area contributed by atoms with Crippen molar-refractivity contribution in [2.24, 2.45) is 11.7 Å². The molecular weight excluding hydrogens is 230 g/mol. The maximum absolute atomic E-state index is 11.9. The Bertz CT molecular complexity index is 525. The van der Waals surface area contributed by atoms with E-state index in [9.17, 15) is 9.59 Å². The molecule has 0 aromatic heterocycles. The molecule has 96 valence electrons. The van der Waals surface area contributed by atoms with Crippen LogP contribution in [0.4, 0.5) is 11.4 Å². The molecular formula is C13H17N3O2. The number of rotatable bonds is 2. The van der Waals surface area contributed by atoms with Gasteiger partial charge in [0, 0.05) is 13.0 Å². The van der Waals surface area contributed by atoms with Crippen LogP contribution in [0.3, 0.4) is 0 Å². The number of carbonyl (C=O) groups excluding carboxylic acids is 2. The number of primary amides is 1. The number of carbonyl (C=O) groups is 2.